The molecule has 1 aliphatic rings. The van der Waals surface area contributed by atoms with Gasteiger partial charge in [0.2, 0.25) is 0 Å². The zero-order valence-corrected chi connectivity index (χ0v) is 9.15. The highest BCUT2D eigenvalue weighted by atomic mass is 19.3. The molecule has 0 aromatic carbocycles. The highest BCUT2D eigenvalue weighted by molar-refractivity contribution is 4.93. The van der Waals surface area contributed by atoms with E-state index >= 15 is 0 Å². The van der Waals surface area contributed by atoms with Gasteiger partial charge in [-0.3, -0.25) is 0 Å². The summed E-state index contributed by atoms with van der Waals surface area (Å²) in [6, 6.07) is 0. The maximum absolute atomic E-state index is 12.8. The van der Waals surface area contributed by atoms with Crippen LogP contribution in [-0.2, 0) is 0 Å². The van der Waals surface area contributed by atoms with Crippen LogP contribution < -0.4 is 5.32 Å². The highest BCUT2D eigenvalue weighted by Gasteiger charge is 2.41. The first kappa shape index (κ1) is 11.9. The second kappa shape index (κ2) is 5.06. The van der Waals surface area contributed by atoms with E-state index in [-0.39, 0.29) is 0 Å². The van der Waals surface area contributed by atoms with Gasteiger partial charge in [-0.15, -0.1) is 0 Å². The molecule has 0 atom stereocenters. The van der Waals surface area contributed by atoms with E-state index in [4.69, 9.17) is 0 Å². The van der Waals surface area contributed by atoms with Crippen molar-refractivity contribution < 1.29 is 8.78 Å². The van der Waals surface area contributed by atoms with Crippen LogP contribution >= 0.6 is 0 Å². The first-order valence-corrected chi connectivity index (χ1v) is 5.61. The summed E-state index contributed by atoms with van der Waals surface area (Å²) in [4.78, 5) is 0. The Labute approximate surface area is 85.3 Å². The molecule has 0 spiro atoms. The Kier molecular flexibility index (Phi) is 4.30. The Morgan fingerprint density at radius 2 is 1.93 bits per heavy atom. The average molecular weight is 205 g/mol. The molecule has 1 saturated carbocycles. The Hall–Kier alpha value is -0.180. The molecule has 0 saturated heterocycles. The summed E-state index contributed by atoms with van der Waals surface area (Å²) in [6.45, 7) is 2.16. The molecule has 0 bridgehead atoms. The van der Waals surface area contributed by atoms with Crippen molar-refractivity contribution in [3.05, 3.63) is 0 Å². The van der Waals surface area contributed by atoms with E-state index < -0.39 is 12.0 Å². The molecule has 0 radical (unpaired) electrons. The SMILES string of the molecule is CCCC1CCC(NC)(C(F)F)CC1. The van der Waals surface area contributed by atoms with E-state index in [2.05, 4.69) is 12.2 Å². The minimum Gasteiger partial charge on any atom is -0.309 e. The Morgan fingerprint density at radius 3 is 2.29 bits per heavy atom. The molecule has 0 unspecified atom stereocenters. The fourth-order valence-corrected chi connectivity index (χ4v) is 2.47. The van der Waals surface area contributed by atoms with Gasteiger partial charge in [0.25, 0.3) is 6.43 Å². The van der Waals surface area contributed by atoms with Crippen molar-refractivity contribution in [1.29, 1.82) is 0 Å². The quantitative estimate of drug-likeness (QED) is 0.743. The van der Waals surface area contributed by atoms with Gasteiger partial charge in [0, 0.05) is 0 Å². The van der Waals surface area contributed by atoms with Crippen LogP contribution in [0, 0.1) is 5.92 Å². The summed E-state index contributed by atoms with van der Waals surface area (Å²) >= 11 is 0. The van der Waals surface area contributed by atoms with Gasteiger partial charge in [0.15, 0.2) is 0 Å². The first-order chi connectivity index (χ1) is 6.64. The van der Waals surface area contributed by atoms with E-state index in [0.29, 0.717) is 18.8 Å². The molecule has 1 nitrogen and oxygen atoms in total. The van der Waals surface area contributed by atoms with Crippen molar-refractivity contribution in [2.24, 2.45) is 5.92 Å². The van der Waals surface area contributed by atoms with Crippen molar-refractivity contribution in [3.63, 3.8) is 0 Å². The van der Waals surface area contributed by atoms with E-state index in [1.807, 2.05) is 0 Å². The van der Waals surface area contributed by atoms with Crippen molar-refractivity contribution in [3.8, 4) is 0 Å². The van der Waals surface area contributed by atoms with Crippen LogP contribution in [0.4, 0.5) is 8.78 Å². The van der Waals surface area contributed by atoms with Crippen molar-refractivity contribution >= 4 is 0 Å². The van der Waals surface area contributed by atoms with Gasteiger partial charge in [-0.1, -0.05) is 19.8 Å². The summed E-state index contributed by atoms with van der Waals surface area (Å²) in [5, 5.41) is 2.83. The highest BCUT2D eigenvalue weighted by Crippen LogP contribution is 2.37. The van der Waals surface area contributed by atoms with Gasteiger partial charge < -0.3 is 5.32 Å². The zero-order chi connectivity index (χ0) is 10.6. The van der Waals surface area contributed by atoms with Crippen LogP contribution in [0.15, 0.2) is 0 Å². The summed E-state index contributed by atoms with van der Waals surface area (Å²) in [7, 11) is 1.66. The number of hydrogen-bond donors (Lipinski definition) is 1. The topological polar surface area (TPSA) is 12.0 Å². The van der Waals surface area contributed by atoms with Crippen molar-refractivity contribution in [2.75, 3.05) is 7.05 Å². The smallest absolute Gasteiger partial charge is 0.256 e. The predicted molar refractivity (Wildman–Crippen MR) is 54.7 cm³/mol. The van der Waals surface area contributed by atoms with Gasteiger partial charge in [-0.25, -0.2) is 8.78 Å². The van der Waals surface area contributed by atoms with E-state index in [9.17, 15) is 8.78 Å². The average Bonchev–Trinajstić information content (AvgIpc) is 2.19. The molecule has 0 aliphatic heterocycles. The maximum atomic E-state index is 12.8. The molecule has 3 heteroatoms. The van der Waals surface area contributed by atoms with Gasteiger partial charge in [0.05, 0.1) is 5.54 Å². The molecule has 0 aromatic heterocycles. The molecule has 14 heavy (non-hydrogen) atoms. The monoisotopic (exact) mass is 205 g/mol. The minimum absolute atomic E-state index is 0.631. The van der Waals surface area contributed by atoms with E-state index in [1.54, 1.807) is 7.05 Å². The Morgan fingerprint density at radius 1 is 1.36 bits per heavy atom. The van der Waals surface area contributed by atoms with Crippen LogP contribution in [0.3, 0.4) is 0 Å². The molecule has 0 aromatic rings. The second-order valence-corrected chi connectivity index (χ2v) is 4.44. The molecule has 1 fully saturated rings. The molecule has 1 aliphatic carbocycles. The van der Waals surface area contributed by atoms with Gasteiger partial charge in [-0.2, -0.15) is 0 Å². The summed E-state index contributed by atoms with van der Waals surface area (Å²) in [5.41, 5.74) is -0.885. The zero-order valence-electron chi connectivity index (χ0n) is 9.15. The lowest BCUT2D eigenvalue weighted by Crippen LogP contribution is -2.51. The Bertz CT molecular complexity index is 163. The number of rotatable bonds is 4. The lowest BCUT2D eigenvalue weighted by atomic mass is 9.75. The van der Waals surface area contributed by atoms with Crippen molar-refractivity contribution in [2.45, 2.75) is 57.4 Å². The van der Waals surface area contributed by atoms with E-state index in [0.717, 1.165) is 12.8 Å². The lowest BCUT2D eigenvalue weighted by molar-refractivity contribution is 0.00156. The minimum atomic E-state index is -2.23. The fourth-order valence-electron chi connectivity index (χ4n) is 2.47. The van der Waals surface area contributed by atoms with Crippen LogP contribution in [0.25, 0.3) is 0 Å². The maximum Gasteiger partial charge on any atom is 0.256 e. The van der Waals surface area contributed by atoms with Gasteiger partial charge >= 0.3 is 0 Å². The standard InChI is InChI=1S/C11H21F2N/c1-3-4-9-5-7-11(14-2,8-6-9)10(12)13/h9-10,14H,3-8H2,1-2H3. The normalized spacial score (nSPS) is 33.6. The Balaban J connectivity index is 2.46. The molecular weight excluding hydrogens is 184 g/mol. The van der Waals surface area contributed by atoms with Crippen LogP contribution in [-0.4, -0.2) is 19.0 Å². The summed E-state index contributed by atoms with van der Waals surface area (Å²) < 4.78 is 25.7. The number of hydrogen-bond acceptors (Lipinski definition) is 1. The molecular formula is C11H21F2N. The predicted octanol–water partition coefficient (Wildman–Crippen LogP) is 3.20. The van der Waals surface area contributed by atoms with Gasteiger partial charge in [0.1, 0.15) is 0 Å². The van der Waals surface area contributed by atoms with Crippen molar-refractivity contribution in [1.82, 2.24) is 5.32 Å². The third-order valence-electron chi connectivity index (χ3n) is 3.61. The molecule has 84 valence electrons. The summed E-state index contributed by atoms with van der Waals surface area (Å²) in [6.07, 6.45) is 3.32. The first-order valence-electron chi connectivity index (χ1n) is 5.61. The van der Waals surface area contributed by atoms with Crippen LogP contribution in [0.5, 0.6) is 0 Å². The molecule has 1 N–H and O–H groups in total. The number of halogens is 2. The number of nitrogens with one attached hydrogen (secondary N) is 1. The number of alkyl halides is 2. The van der Waals surface area contributed by atoms with Crippen LogP contribution in [0.1, 0.15) is 45.4 Å². The fraction of sp³-hybridized carbons (Fsp3) is 1.00. The van der Waals surface area contributed by atoms with Crippen LogP contribution in [0.2, 0.25) is 0 Å². The summed E-state index contributed by atoms with van der Waals surface area (Å²) in [5.74, 6) is 0.681. The molecule has 0 heterocycles. The van der Waals surface area contributed by atoms with E-state index in [1.165, 1.54) is 12.8 Å². The third-order valence-corrected chi connectivity index (χ3v) is 3.61. The lowest BCUT2D eigenvalue weighted by Gasteiger charge is -2.39. The third kappa shape index (κ3) is 2.44. The molecule has 0 amide bonds. The second-order valence-electron chi connectivity index (χ2n) is 4.44. The van der Waals surface area contributed by atoms with Gasteiger partial charge in [-0.05, 0) is 38.6 Å². The molecule has 1 rings (SSSR count). The largest absolute Gasteiger partial charge is 0.309 e.